The molecule has 0 aliphatic rings. The molecule has 0 atom stereocenters. The van der Waals surface area contributed by atoms with Crippen LogP contribution >= 0.6 is 0 Å². The van der Waals surface area contributed by atoms with E-state index in [9.17, 15) is 35.2 Å². The highest BCUT2D eigenvalue weighted by Crippen LogP contribution is 2.34. The van der Waals surface area contributed by atoms with Gasteiger partial charge in [-0.3, -0.25) is 9.52 Å². The van der Waals surface area contributed by atoms with E-state index in [1.54, 1.807) is 18.6 Å². The molecule has 0 aromatic heterocycles. The van der Waals surface area contributed by atoms with E-state index in [4.69, 9.17) is 4.74 Å². The van der Waals surface area contributed by atoms with E-state index >= 15 is 0 Å². The van der Waals surface area contributed by atoms with Gasteiger partial charge in [-0.15, -0.1) is 0 Å². The first-order valence-corrected chi connectivity index (χ1v) is 11.3. The minimum atomic E-state index is -4.56. The van der Waals surface area contributed by atoms with Crippen LogP contribution in [0.4, 0.5) is 27.6 Å². The Labute approximate surface area is 187 Å². The summed E-state index contributed by atoms with van der Waals surface area (Å²) in [5.41, 5.74) is -1.51. The third-order valence-corrected chi connectivity index (χ3v) is 4.55. The molecule has 12 heteroatoms. The van der Waals surface area contributed by atoms with E-state index in [-0.39, 0.29) is 23.4 Å². The number of ether oxygens (including phenoxy) is 1. The predicted octanol–water partition coefficient (Wildman–Crippen LogP) is 4.47. The van der Waals surface area contributed by atoms with Crippen molar-refractivity contribution in [2.75, 3.05) is 11.0 Å². The summed E-state index contributed by atoms with van der Waals surface area (Å²) in [6.45, 7) is 2.98. The van der Waals surface area contributed by atoms with Gasteiger partial charge in [0.25, 0.3) is 0 Å². The van der Waals surface area contributed by atoms with Gasteiger partial charge in [0.2, 0.25) is 15.9 Å². The van der Waals surface area contributed by atoms with Crippen LogP contribution in [-0.2, 0) is 27.5 Å². The van der Waals surface area contributed by atoms with Crippen LogP contribution < -0.4 is 14.8 Å². The molecule has 33 heavy (non-hydrogen) atoms. The molecule has 2 aromatic rings. The molecule has 0 aliphatic carbocycles. The van der Waals surface area contributed by atoms with Crippen LogP contribution in [0.25, 0.3) is 6.08 Å². The Morgan fingerprint density at radius 3 is 2.24 bits per heavy atom. The van der Waals surface area contributed by atoms with Crippen molar-refractivity contribution in [3.63, 3.8) is 0 Å². The molecule has 0 radical (unpaired) electrons. The minimum absolute atomic E-state index is 0.0177. The van der Waals surface area contributed by atoms with Crippen LogP contribution in [0.5, 0.6) is 5.75 Å². The Kier molecular flexibility index (Phi) is 8.06. The van der Waals surface area contributed by atoms with E-state index in [1.165, 1.54) is 6.08 Å². The number of benzene rings is 2. The van der Waals surface area contributed by atoms with Crippen molar-refractivity contribution in [2.45, 2.75) is 32.7 Å². The van der Waals surface area contributed by atoms with E-state index < -0.39 is 51.1 Å². The lowest BCUT2D eigenvalue weighted by atomic mass is 10.1. The summed E-state index contributed by atoms with van der Waals surface area (Å²) in [7, 11) is -3.90. The Bertz CT molecular complexity index is 1140. The second-order valence-electron chi connectivity index (χ2n) is 7.28. The summed E-state index contributed by atoms with van der Waals surface area (Å²) < 4.78 is 96.3. The fraction of sp³-hybridized carbons (Fsp3) is 0.286. The maximum atomic E-state index is 14.0. The van der Waals surface area contributed by atoms with Crippen LogP contribution in [0.1, 0.15) is 30.5 Å². The van der Waals surface area contributed by atoms with Gasteiger partial charge in [0.1, 0.15) is 11.4 Å². The Morgan fingerprint density at radius 1 is 1.12 bits per heavy atom. The van der Waals surface area contributed by atoms with Gasteiger partial charge in [-0.25, -0.2) is 17.2 Å². The van der Waals surface area contributed by atoms with Gasteiger partial charge in [0.05, 0.1) is 17.9 Å². The van der Waals surface area contributed by atoms with Crippen molar-refractivity contribution in [3.8, 4) is 5.75 Å². The summed E-state index contributed by atoms with van der Waals surface area (Å²) in [6.07, 6.45) is -1.97. The lowest BCUT2D eigenvalue weighted by molar-refractivity contribution is -0.137. The van der Waals surface area contributed by atoms with Gasteiger partial charge in [0.15, 0.2) is 11.6 Å². The van der Waals surface area contributed by atoms with Crippen LogP contribution in [0.3, 0.4) is 0 Å². The van der Waals surface area contributed by atoms with Crippen LogP contribution in [0.2, 0.25) is 0 Å². The zero-order chi connectivity index (χ0) is 25.0. The maximum Gasteiger partial charge on any atom is 0.416 e. The number of alkyl halides is 3. The number of amides is 1. The minimum Gasteiger partial charge on any atom is -0.490 e. The fourth-order valence-corrected chi connectivity index (χ4v) is 3.19. The summed E-state index contributed by atoms with van der Waals surface area (Å²) in [5.74, 6) is -3.09. The Balaban J connectivity index is 2.13. The molecule has 0 fully saturated rings. The highest BCUT2D eigenvalue weighted by Gasteiger charge is 2.31. The molecule has 2 rings (SSSR count). The van der Waals surface area contributed by atoms with Gasteiger partial charge < -0.3 is 10.1 Å². The predicted molar refractivity (Wildman–Crippen MR) is 113 cm³/mol. The van der Waals surface area contributed by atoms with Gasteiger partial charge in [-0.1, -0.05) is 6.07 Å². The number of anilines is 1. The van der Waals surface area contributed by atoms with Gasteiger partial charge in [0, 0.05) is 18.2 Å². The first-order chi connectivity index (χ1) is 15.2. The number of hydrogen-bond acceptors (Lipinski definition) is 4. The molecule has 0 aliphatic heterocycles. The lowest BCUT2D eigenvalue weighted by Gasteiger charge is -2.15. The van der Waals surface area contributed by atoms with Gasteiger partial charge >= 0.3 is 6.18 Å². The van der Waals surface area contributed by atoms with E-state index in [0.717, 1.165) is 42.7 Å². The van der Waals surface area contributed by atoms with Crippen molar-refractivity contribution < 1.29 is 39.9 Å². The zero-order valence-electron chi connectivity index (χ0n) is 17.8. The molecule has 1 amide bonds. The highest BCUT2D eigenvalue weighted by molar-refractivity contribution is 7.92. The second-order valence-corrected chi connectivity index (χ2v) is 9.03. The Hall–Kier alpha value is -3.15. The van der Waals surface area contributed by atoms with Crippen LogP contribution in [-0.4, -0.2) is 26.7 Å². The molecule has 180 valence electrons. The summed E-state index contributed by atoms with van der Waals surface area (Å²) in [4.78, 5) is 12.1. The molecule has 0 heterocycles. The molecule has 2 N–H and O–H groups in total. The van der Waals surface area contributed by atoms with Gasteiger partial charge in [-0.2, -0.15) is 13.2 Å². The second kappa shape index (κ2) is 10.2. The number of nitrogens with one attached hydrogen (secondary N) is 2. The maximum absolute atomic E-state index is 14.0. The zero-order valence-corrected chi connectivity index (χ0v) is 18.6. The standard InChI is InChI=1S/C21H21F5N2O4S/c1-12(2)32-18-10-15(21(24,25)26)6-4-14(18)5-7-19(29)27-11-13-8-16(22)20(17(23)9-13)28-33(3,30)31/h4-10,12,28H,11H2,1-3H3,(H,27,29). The van der Waals surface area contributed by atoms with Crippen molar-refractivity contribution in [1.29, 1.82) is 0 Å². The largest absolute Gasteiger partial charge is 0.490 e. The molecular weight excluding hydrogens is 471 g/mol. The monoisotopic (exact) mass is 492 g/mol. The van der Waals surface area contributed by atoms with E-state index in [1.807, 2.05) is 0 Å². The highest BCUT2D eigenvalue weighted by atomic mass is 32.2. The summed E-state index contributed by atoms with van der Waals surface area (Å²) >= 11 is 0. The fourth-order valence-electron chi connectivity index (χ4n) is 2.63. The van der Waals surface area contributed by atoms with Crippen molar-refractivity contribution in [3.05, 3.63) is 64.7 Å². The number of carbonyl (C=O) groups excluding carboxylic acids is 1. The quantitative estimate of drug-likeness (QED) is 0.421. The number of halogens is 5. The number of rotatable bonds is 8. The molecule has 2 aromatic carbocycles. The van der Waals surface area contributed by atoms with E-state index in [0.29, 0.717) is 0 Å². The SMILES string of the molecule is CC(C)Oc1cc(C(F)(F)F)ccc1C=CC(=O)NCc1cc(F)c(NS(C)(=O)=O)c(F)c1. The lowest BCUT2D eigenvalue weighted by Crippen LogP contribution is -2.21. The molecule has 0 saturated heterocycles. The van der Waals surface area contributed by atoms with Crippen molar-refractivity contribution in [2.24, 2.45) is 0 Å². The molecule has 0 spiro atoms. The Morgan fingerprint density at radius 2 is 1.73 bits per heavy atom. The number of carbonyl (C=O) groups is 1. The average molecular weight is 492 g/mol. The molecule has 0 saturated carbocycles. The topological polar surface area (TPSA) is 84.5 Å². The molecule has 0 bridgehead atoms. The third kappa shape index (κ3) is 8.04. The smallest absolute Gasteiger partial charge is 0.416 e. The average Bonchev–Trinajstić information content (AvgIpc) is 2.66. The molecular formula is C21H21F5N2O4S. The first kappa shape index (κ1) is 26.1. The van der Waals surface area contributed by atoms with Gasteiger partial charge in [-0.05, 0) is 49.8 Å². The van der Waals surface area contributed by atoms with Crippen molar-refractivity contribution >= 4 is 27.7 Å². The summed E-state index contributed by atoms with van der Waals surface area (Å²) in [6, 6.07) is 4.54. The van der Waals surface area contributed by atoms with E-state index in [2.05, 4.69) is 5.32 Å². The molecule has 0 unspecified atom stereocenters. The third-order valence-electron chi connectivity index (χ3n) is 3.97. The van der Waals surface area contributed by atoms with Crippen LogP contribution in [0, 0.1) is 11.6 Å². The van der Waals surface area contributed by atoms with Crippen LogP contribution in [0.15, 0.2) is 36.4 Å². The first-order valence-electron chi connectivity index (χ1n) is 9.45. The summed E-state index contributed by atoms with van der Waals surface area (Å²) in [5, 5.41) is 2.37. The normalized spacial score (nSPS) is 12.3. The van der Waals surface area contributed by atoms with Crippen molar-refractivity contribution in [1.82, 2.24) is 5.32 Å². The number of hydrogen-bond donors (Lipinski definition) is 2. The molecule has 6 nitrogen and oxygen atoms in total. The number of sulfonamides is 1.